The molecular formula is C22H20O2. The number of rotatable bonds is 4. The molecule has 3 aromatic rings. The number of carbonyl (C=O) groups is 1. The topological polar surface area (TPSA) is 37.3 Å². The lowest BCUT2D eigenvalue weighted by Crippen LogP contribution is -2.07. The van der Waals surface area contributed by atoms with Gasteiger partial charge in [-0.25, -0.2) is 0 Å². The fourth-order valence-corrected chi connectivity index (χ4v) is 3.19. The predicted molar refractivity (Wildman–Crippen MR) is 97.5 cm³/mol. The Morgan fingerprint density at radius 2 is 1.54 bits per heavy atom. The van der Waals surface area contributed by atoms with Crippen molar-refractivity contribution in [2.75, 3.05) is 0 Å². The highest BCUT2D eigenvalue weighted by molar-refractivity contribution is 6.12. The van der Waals surface area contributed by atoms with E-state index >= 15 is 0 Å². The van der Waals surface area contributed by atoms with E-state index in [4.69, 9.17) is 0 Å². The van der Waals surface area contributed by atoms with Crippen molar-refractivity contribution in [3.8, 4) is 16.9 Å². The van der Waals surface area contributed by atoms with Crippen LogP contribution in [-0.4, -0.2) is 10.9 Å². The standard InChI is InChI=1S/C22H20O2/c1-3-18-15(2)21(22(24)17-12-8-5-9-13-17)20(23)14-19(18)16-10-6-4-7-11-16/h4-14,23H,3H2,1-2H3. The van der Waals surface area contributed by atoms with Gasteiger partial charge in [-0.05, 0) is 41.7 Å². The van der Waals surface area contributed by atoms with E-state index in [1.807, 2.05) is 55.5 Å². The molecule has 120 valence electrons. The number of aromatic hydroxyl groups is 1. The van der Waals surface area contributed by atoms with Gasteiger partial charge in [0.15, 0.2) is 5.78 Å². The van der Waals surface area contributed by atoms with Crippen molar-refractivity contribution in [1.82, 2.24) is 0 Å². The highest BCUT2D eigenvalue weighted by Crippen LogP contribution is 2.35. The molecule has 1 N–H and O–H groups in total. The summed E-state index contributed by atoms with van der Waals surface area (Å²) in [6.45, 7) is 3.99. The molecule has 0 amide bonds. The molecular weight excluding hydrogens is 296 g/mol. The average Bonchev–Trinajstić information content (AvgIpc) is 2.62. The van der Waals surface area contributed by atoms with Crippen LogP contribution >= 0.6 is 0 Å². The van der Waals surface area contributed by atoms with Crippen molar-refractivity contribution in [3.05, 3.63) is 89.0 Å². The number of benzene rings is 3. The summed E-state index contributed by atoms with van der Waals surface area (Å²) in [5, 5.41) is 10.6. The van der Waals surface area contributed by atoms with Crippen LogP contribution in [-0.2, 0) is 6.42 Å². The van der Waals surface area contributed by atoms with Gasteiger partial charge in [0.1, 0.15) is 5.75 Å². The van der Waals surface area contributed by atoms with Crippen molar-refractivity contribution in [1.29, 1.82) is 0 Å². The molecule has 0 saturated heterocycles. The highest BCUT2D eigenvalue weighted by Gasteiger charge is 2.21. The van der Waals surface area contributed by atoms with Gasteiger partial charge < -0.3 is 5.11 Å². The summed E-state index contributed by atoms with van der Waals surface area (Å²) in [4.78, 5) is 12.8. The molecule has 0 aliphatic carbocycles. The summed E-state index contributed by atoms with van der Waals surface area (Å²) < 4.78 is 0. The smallest absolute Gasteiger partial charge is 0.197 e. The van der Waals surface area contributed by atoms with Gasteiger partial charge in [0.05, 0.1) is 5.56 Å². The minimum absolute atomic E-state index is 0.0393. The van der Waals surface area contributed by atoms with E-state index in [0.717, 1.165) is 28.7 Å². The number of ketones is 1. The summed E-state index contributed by atoms with van der Waals surface area (Å²) in [5.74, 6) is -0.0997. The molecule has 0 radical (unpaired) electrons. The molecule has 0 heterocycles. The Kier molecular flexibility index (Phi) is 4.48. The van der Waals surface area contributed by atoms with Gasteiger partial charge in [0.2, 0.25) is 0 Å². The lowest BCUT2D eigenvalue weighted by atomic mass is 9.88. The van der Waals surface area contributed by atoms with Gasteiger partial charge in [0.25, 0.3) is 0 Å². The number of hydrogen-bond donors (Lipinski definition) is 1. The maximum Gasteiger partial charge on any atom is 0.197 e. The highest BCUT2D eigenvalue weighted by atomic mass is 16.3. The zero-order valence-corrected chi connectivity index (χ0v) is 13.9. The Bertz CT molecular complexity index is 865. The van der Waals surface area contributed by atoms with Gasteiger partial charge in [-0.1, -0.05) is 67.6 Å². The third-order valence-corrected chi connectivity index (χ3v) is 4.39. The molecule has 0 fully saturated rings. The molecule has 0 spiro atoms. The van der Waals surface area contributed by atoms with Gasteiger partial charge >= 0.3 is 0 Å². The maximum absolute atomic E-state index is 12.8. The van der Waals surface area contributed by atoms with Crippen molar-refractivity contribution in [2.24, 2.45) is 0 Å². The molecule has 2 heteroatoms. The van der Waals surface area contributed by atoms with E-state index < -0.39 is 0 Å². The van der Waals surface area contributed by atoms with Crippen molar-refractivity contribution in [2.45, 2.75) is 20.3 Å². The molecule has 0 aliphatic heterocycles. The summed E-state index contributed by atoms with van der Waals surface area (Å²) in [5.41, 5.74) is 4.97. The van der Waals surface area contributed by atoms with E-state index in [9.17, 15) is 9.90 Å². The number of carbonyl (C=O) groups excluding carboxylic acids is 1. The first-order valence-electron chi connectivity index (χ1n) is 8.14. The second kappa shape index (κ2) is 6.71. The number of phenols is 1. The first-order chi connectivity index (χ1) is 11.6. The molecule has 24 heavy (non-hydrogen) atoms. The zero-order valence-electron chi connectivity index (χ0n) is 13.9. The molecule has 3 rings (SSSR count). The normalized spacial score (nSPS) is 10.6. The zero-order chi connectivity index (χ0) is 17.1. The Hall–Kier alpha value is -2.87. The quantitative estimate of drug-likeness (QED) is 0.675. The van der Waals surface area contributed by atoms with Crippen LogP contribution in [0.1, 0.15) is 34.0 Å². The molecule has 0 aliphatic rings. The van der Waals surface area contributed by atoms with E-state index in [2.05, 4.69) is 6.92 Å². The van der Waals surface area contributed by atoms with Crippen LogP contribution in [0, 0.1) is 6.92 Å². The van der Waals surface area contributed by atoms with Crippen LogP contribution < -0.4 is 0 Å². The van der Waals surface area contributed by atoms with E-state index in [-0.39, 0.29) is 11.5 Å². The first kappa shape index (κ1) is 16.0. The average molecular weight is 316 g/mol. The van der Waals surface area contributed by atoms with E-state index in [0.29, 0.717) is 11.1 Å². The molecule has 0 saturated carbocycles. The Morgan fingerprint density at radius 3 is 2.12 bits per heavy atom. The largest absolute Gasteiger partial charge is 0.507 e. The maximum atomic E-state index is 12.8. The summed E-state index contributed by atoms with van der Waals surface area (Å²) >= 11 is 0. The molecule has 0 aromatic heterocycles. The lowest BCUT2D eigenvalue weighted by Gasteiger charge is -2.17. The second-order valence-corrected chi connectivity index (χ2v) is 5.84. The first-order valence-corrected chi connectivity index (χ1v) is 8.14. The van der Waals surface area contributed by atoms with Gasteiger partial charge in [-0.2, -0.15) is 0 Å². The Labute approximate surface area is 142 Å². The van der Waals surface area contributed by atoms with Crippen LogP contribution in [0.25, 0.3) is 11.1 Å². The monoisotopic (exact) mass is 316 g/mol. The fourth-order valence-electron chi connectivity index (χ4n) is 3.19. The Morgan fingerprint density at radius 1 is 0.958 bits per heavy atom. The van der Waals surface area contributed by atoms with E-state index in [1.165, 1.54) is 0 Å². The minimum atomic E-state index is -0.139. The minimum Gasteiger partial charge on any atom is -0.507 e. The summed E-state index contributed by atoms with van der Waals surface area (Å²) in [6, 6.07) is 20.8. The number of hydrogen-bond acceptors (Lipinski definition) is 2. The van der Waals surface area contributed by atoms with Crippen LogP contribution in [0.5, 0.6) is 5.75 Å². The molecule has 0 unspecified atom stereocenters. The van der Waals surface area contributed by atoms with Crippen LogP contribution in [0.3, 0.4) is 0 Å². The van der Waals surface area contributed by atoms with Gasteiger partial charge in [-0.3, -0.25) is 4.79 Å². The van der Waals surface area contributed by atoms with Gasteiger partial charge in [-0.15, -0.1) is 0 Å². The van der Waals surface area contributed by atoms with Gasteiger partial charge in [0, 0.05) is 5.56 Å². The molecule has 0 bridgehead atoms. The van der Waals surface area contributed by atoms with Crippen molar-refractivity contribution >= 4 is 5.78 Å². The van der Waals surface area contributed by atoms with Crippen molar-refractivity contribution < 1.29 is 9.90 Å². The lowest BCUT2D eigenvalue weighted by molar-refractivity contribution is 0.103. The molecule has 2 nitrogen and oxygen atoms in total. The number of phenolic OH excluding ortho intramolecular Hbond substituents is 1. The van der Waals surface area contributed by atoms with Crippen LogP contribution in [0.2, 0.25) is 0 Å². The third-order valence-electron chi connectivity index (χ3n) is 4.39. The summed E-state index contributed by atoms with van der Waals surface area (Å²) in [7, 11) is 0. The predicted octanol–water partition coefficient (Wildman–Crippen LogP) is 5.16. The third kappa shape index (κ3) is 2.83. The van der Waals surface area contributed by atoms with Crippen LogP contribution in [0.4, 0.5) is 0 Å². The SMILES string of the molecule is CCc1c(-c2ccccc2)cc(O)c(C(=O)c2ccccc2)c1C. The Balaban J connectivity index is 2.18. The van der Waals surface area contributed by atoms with Crippen molar-refractivity contribution in [3.63, 3.8) is 0 Å². The second-order valence-electron chi connectivity index (χ2n) is 5.84. The van der Waals surface area contributed by atoms with E-state index in [1.54, 1.807) is 18.2 Å². The fraction of sp³-hybridized carbons (Fsp3) is 0.136. The summed E-state index contributed by atoms with van der Waals surface area (Å²) in [6.07, 6.45) is 0.797. The molecule has 3 aromatic carbocycles. The van der Waals surface area contributed by atoms with Crippen LogP contribution in [0.15, 0.2) is 66.7 Å². The molecule has 0 atom stereocenters.